The summed E-state index contributed by atoms with van der Waals surface area (Å²) in [6, 6.07) is 0. The van der Waals surface area contributed by atoms with Gasteiger partial charge < -0.3 is 14.2 Å². The van der Waals surface area contributed by atoms with Crippen molar-refractivity contribution in [2.45, 2.75) is 348 Å². The van der Waals surface area contributed by atoms with E-state index in [1.54, 1.807) is 0 Å². The Morgan fingerprint density at radius 2 is 0.520 bits per heavy atom. The summed E-state index contributed by atoms with van der Waals surface area (Å²) >= 11 is 0. The lowest BCUT2D eigenvalue weighted by atomic mass is 10.0. The smallest absolute Gasteiger partial charge is 0.306 e. The lowest BCUT2D eigenvalue weighted by Crippen LogP contribution is -2.30. The van der Waals surface area contributed by atoms with Gasteiger partial charge in [0.2, 0.25) is 0 Å². The molecule has 0 aliphatic heterocycles. The van der Waals surface area contributed by atoms with Gasteiger partial charge in [-0.25, -0.2) is 0 Å². The van der Waals surface area contributed by atoms with Crippen LogP contribution in [0.3, 0.4) is 0 Å². The summed E-state index contributed by atoms with van der Waals surface area (Å²) < 4.78 is 16.9. The van der Waals surface area contributed by atoms with E-state index in [-0.39, 0.29) is 31.1 Å². The van der Waals surface area contributed by atoms with Crippen molar-refractivity contribution in [3.05, 3.63) is 60.8 Å². The van der Waals surface area contributed by atoms with Crippen LogP contribution in [0.25, 0.3) is 0 Å². The molecule has 0 saturated heterocycles. The Morgan fingerprint density at radius 3 is 0.813 bits per heavy atom. The van der Waals surface area contributed by atoms with Gasteiger partial charge in [0.05, 0.1) is 0 Å². The SMILES string of the molecule is CC/C=C\C/C=C\C/C=C\CCCCCCCC(=O)OCC(COC(=O)CCCCCCCCCCCCCCC/C=C\C/C=C\CCCCCCC)OC(=O)CCCCCCCCCCCCCCCCCCC. The van der Waals surface area contributed by atoms with Crippen molar-refractivity contribution in [3.8, 4) is 0 Å². The van der Waals surface area contributed by atoms with E-state index in [4.69, 9.17) is 14.2 Å². The van der Waals surface area contributed by atoms with E-state index in [2.05, 4.69) is 81.5 Å². The summed E-state index contributed by atoms with van der Waals surface area (Å²) in [5.74, 6) is -0.874. The van der Waals surface area contributed by atoms with Gasteiger partial charge >= 0.3 is 17.9 Å². The van der Waals surface area contributed by atoms with Gasteiger partial charge in [0.25, 0.3) is 0 Å². The zero-order valence-electron chi connectivity index (χ0n) is 50.1. The molecule has 0 aliphatic rings. The van der Waals surface area contributed by atoms with Crippen LogP contribution < -0.4 is 0 Å². The fourth-order valence-corrected chi connectivity index (χ4v) is 9.61. The van der Waals surface area contributed by atoms with Crippen molar-refractivity contribution in [3.63, 3.8) is 0 Å². The largest absolute Gasteiger partial charge is 0.462 e. The zero-order chi connectivity index (χ0) is 54.3. The lowest BCUT2D eigenvalue weighted by molar-refractivity contribution is -0.167. The second kappa shape index (κ2) is 63.6. The maximum absolute atomic E-state index is 12.9. The topological polar surface area (TPSA) is 78.9 Å². The summed E-state index contributed by atoms with van der Waals surface area (Å²) in [6.07, 6.45) is 80.9. The minimum atomic E-state index is -0.780. The fourth-order valence-electron chi connectivity index (χ4n) is 9.61. The number of carbonyl (C=O) groups excluding carboxylic acids is 3. The van der Waals surface area contributed by atoms with Crippen LogP contribution in [0.2, 0.25) is 0 Å². The first-order valence-corrected chi connectivity index (χ1v) is 32.8. The molecule has 0 spiro atoms. The molecule has 0 aromatic heterocycles. The highest BCUT2D eigenvalue weighted by Crippen LogP contribution is 2.17. The molecule has 0 aromatic carbocycles. The van der Waals surface area contributed by atoms with Crippen LogP contribution in [-0.2, 0) is 28.6 Å². The molecule has 0 amide bonds. The number of hydrogen-bond acceptors (Lipinski definition) is 6. The number of allylic oxidation sites excluding steroid dienone is 10. The van der Waals surface area contributed by atoms with Gasteiger partial charge in [-0.1, -0.05) is 300 Å². The molecule has 75 heavy (non-hydrogen) atoms. The zero-order valence-corrected chi connectivity index (χ0v) is 50.1. The molecule has 6 heteroatoms. The summed E-state index contributed by atoms with van der Waals surface area (Å²) in [6.45, 7) is 6.56. The van der Waals surface area contributed by atoms with E-state index >= 15 is 0 Å². The van der Waals surface area contributed by atoms with Gasteiger partial charge in [0, 0.05) is 19.3 Å². The summed E-state index contributed by atoms with van der Waals surface area (Å²) in [7, 11) is 0. The summed E-state index contributed by atoms with van der Waals surface area (Å²) in [5, 5.41) is 0. The Labute approximate surface area is 466 Å². The Morgan fingerprint density at radius 1 is 0.280 bits per heavy atom. The maximum atomic E-state index is 12.9. The Bertz CT molecular complexity index is 1340. The average molecular weight is 1050 g/mol. The third-order valence-corrected chi connectivity index (χ3v) is 14.5. The first-order valence-electron chi connectivity index (χ1n) is 32.8. The second-order valence-electron chi connectivity index (χ2n) is 22.0. The molecule has 0 fully saturated rings. The van der Waals surface area contributed by atoms with Crippen molar-refractivity contribution in [1.82, 2.24) is 0 Å². The van der Waals surface area contributed by atoms with E-state index in [0.717, 1.165) is 103 Å². The minimum absolute atomic E-state index is 0.0767. The van der Waals surface area contributed by atoms with Crippen LogP contribution in [0.4, 0.5) is 0 Å². The van der Waals surface area contributed by atoms with Crippen LogP contribution in [-0.4, -0.2) is 37.2 Å². The van der Waals surface area contributed by atoms with Gasteiger partial charge in [-0.15, -0.1) is 0 Å². The second-order valence-corrected chi connectivity index (χ2v) is 22.0. The third kappa shape index (κ3) is 61.8. The highest BCUT2D eigenvalue weighted by Gasteiger charge is 2.19. The Kier molecular flexibility index (Phi) is 61.2. The van der Waals surface area contributed by atoms with Crippen LogP contribution in [0.5, 0.6) is 0 Å². The molecule has 0 rings (SSSR count). The van der Waals surface area contributed by atoms with Crippen LogP contribution in [0.15, 0.2) is 60.8 Å². The molecule has 0 bridgehead atoms. The van der Waals surface area contributed by atoms with Crippen molar-refractivity contribution in [2.24, 2.45) is 0 Å². The first kappa shape index (κ1) is 72.1. The Balaban J connectivity index is 4.29. The number of carbonyl (C=O) groups is 3. The first-order chi connectivity index (χ1) is 37.0. The normalized spacial score (nSPS) is 12.4. The number of hydrogen-bond donors (Lipinski definition) is 0. The number of ether oxygens (including phenoxy) is 3. The molecule has 0 aromatic rings. The molecule has 0 saturated carbocycles. The predicted molar refractivity (Wildman–Crippen MR) is 325 cm³/mol. The monoisotopic (exact) mass is 1050 g/mol. The molecule has 1 unspecified atom stereocenters. The molecule has 0 radical (unpaired) electrons. The predicted octanol–water partition coefficient (Wildman–Crippen LogP) is 22.3. The van der Waals surface area contributed by atoms with Gasteiger partial charge in [0.1, 0.15) is 13.2 Å². The fraction of sp³-hybridized carbons (Fsp3) is 0.812. The van der Waals surface area contributed by atoms with Crippen LogP contribution in [0, 0.1) is 0 Å². The van der Waals surface area contributed by atoms with Crippen LogP contribution in [0.1, 0.15) is 342 Å². The molecular formula is C69H124O6. The molecule has 0 N–H and O–H groups in total. The van der Waals surface area contributed by atoms with Gasteiger partial charge in [-0.2, -0.15) is 0 Å². The third-order valence-electron chi connectivity index (χ3n) is 14.5. The molecule has 0 aliphatic carbocycles. The van der Waals surface area contributed by atoms with Gasteiger partial charge in [-0.3, -0.25) is 14.4 Å². The van der Waals surface area contributed by atoms with Gasteiger partial charge in [0.15, 0.2) is 6.10 Å². The lowest BCUT2D eigenvalue weighted by Gasteiger charge is -2.18. The highest BCUT2D eigenvalue weighted by molar-refractivity contribution is 5.71. The molecule has 6 nitrogen and oxygen atoms in total. The number of rotatable bonds is 60. The molecule has 436 valence electrons. The summed E-state index contributed by atoms with van der Waals surface area (Å²) in [5.41, 5.74) is 0. The molecule has 0 heterocycles. The maximum Gasteiger partial charge on any atom is 0.306 e. The minimum Gasteiger partial charge on any atom is -0.462 e. The van der Waals surface area contributed by atoms with E-state index in [0.29, 0.717) is 19.3 Å². The highest BCUT2D eigenvalue weighted by atomic mass is 16.6. The number of esters is 3. The van der Waals surface area contributed by atoms with E-state index in [9.17, 15) is 14.4 Å². The number of unbranched alkanes of at least 4 members (excludes halogenated alkanes) is 39. The van der Waals surface area contributed by atoms with Gasteiger partial charge in [-0.05, 0) is 83.5 Å². The standard InChI is InChI=1S/C69H124O6/c1-4-7-10-13-16-19-22-25-28-30-31-32-33-34-35-36-37-39-41-44-47-50-53-56-59-62-68(71)74-65-66(64-73-67(70)61-58-55-52-49-46-43-40-27-24-21-18-15-12-9-6-3)75-69(72)63-60-57-54-51-48-45-42-38-29-26-23-20-17-14-11-8-5-2/h9,12,18,21-22,25,27,30-31,40,66H,4-8,10-11,13-17,19-20,23-24,26,28-29,32-39,41-65H2,1-3H3/b12-9-,21-18-,25-22-,31-30-,40-27-. The van der Waals surface area contributed by atoms with E-state index < -0.39 is 6.10 Å². The summed E-state index contributed by atoms with van der Waals surface area (Å²) in [4.78, 5) is 38.3. The van der Waals surface area contributed by atoms with Crippen LogP contribution >= 0.6 is 0 Å². The van der Waals surface area contributed by atoms with Crippen molar-refractivity contribution >= 4 is 17.9 Å². The van der Waals surface area contributed by atoms with E-state index in [1.165, 1.54) is 199 Å². The molecular weight excluding hydrogens is 925 g/mol. The van der Waals surface area contributed by atoms with E-state index in [1.807, 2.05) is 0 Å². The van der Waals surface area contributed by atoms with Crippen molar-refractivity contribution < 1.29 is 28.6 Å². The quantitative estimate of drug-likeness (QED) is 0.0261. The average Bonchev–Trinajstić information content (AvgIpc) is 3.41. The van der Waals surface area contributed by atoms with Crippen molar-refractivity contribution in [1.29, 1.82) is 0 Å². The Hall–Kier alpha value is -2.89. The van der Waals surface area contributed by atoms with Crippen molar-refractivity contribution in [2.75, 3.05) is 13.2 Å². The molecule has 1 atom stereocenters.